The average Bonchev–Trinajstić information content (AvgIpc) is 2.79. The van der Waals surface area contributed by atoms with E-state index in [4.69, 9.17) is 0 Å². The molecule has 0 spiro atoms. The first-order valence-electron chi connectivity index (χ1n) is 6.58. The van der Waals surface area contributed by atoms with Crippen molar-refractivity contribution >= 4 is 22.6 Å². The van der Waals surface area contributed by atoms with Crippen molar-refractivity contribution in [3.8, 4) is 0 Å². The number of nitrogens with one attached hydrogen (secondary N) is 1. The van der Waals surface area contributed by atoms with Gasteiger partial charge >= 0.3 is 0 Å². The second kappa shape index (κ2) is 6.52. The third-order valence-corrected chi connectivity index (χ3v) is 4.11. The van der Waals surface area contributed by atoms with Crippen molar-refractivity contribution < 1.29 is 0 Å². The highest BCUT2D eigenvalue weighted by Crippen LogP contribution is 2.19. The molecule has 102 valence electrons. The molecule has 4 heteroatoms. The quantitative estimate of drug-likeness (QED) is 0.821. The molecule has 0 radical (unpaired) electrons. The van der Waals surface area contributed by atoms with Gasteiger partial charge in [-0.2, -0.15) is 5.10 Å². The van der Waals surface area contributed by atoms with Crippen LogP contribution in [-0.4, -0.2) is 16.8 Å². The SMILES string of the molecule is CCc1cc(C(Cc2ccc(I)cc2)NC)n(C)n1. The molecule has 1 atom stereocenters. The Kier molecular flexibility index (Phi) is 4.99. The molecule has 19 heavy (non-hydrogen) atoms. The van der Waals surface area contributed by atoms with Gasteiger partial charge in [0, 0.05) is 10.6 Å². The van der Waals surface area contributed by atoms with E-state index in [1.54, 1.807) is 0 Å². The van der Waals surface area contributed by atoms with Crippen molar-refractivity contribution in [3.63, 3.8) is 0 Å². The number of aromatic nitrogens is 2. The van der Waals surface area contributed by atoms with Gasteiger partial charge in [0.15, 0.2) is 0 Å². The minimum atomic E-state index is 0.304. The van der Waals surface area contributed by atoms with E-state index in [1.807, 2.05) is 18.8 Å². The highest BCUT2D eigenvalue weighted by atomic mass is 127. The first-order valence-corrected chi connectivity index (χ1v) is 7.66. The van der Waals surface area contributed by atoms with Gasteiger partial charge < -0.3 is 5.32 Å². The molecule has 1 heterocycles. The Morgan fingerprint density at radius 3 is 2.53 bits per heavy atom. The van der Waals surface area contributed by atoms with Gasteiger partial charge in [-0.1, -0.05) is 19.1 Å². The number of hydrogen-bond acceptors (Lipinski definition) is 2. The third kappa shape index (κ3) is 3.57. The van der Waals surface area contributed by atoms with E-state index in [0.717, 1.165) is 18.5 Å². The number of hydrogen-bond donors (Lipinski definition) is 1. The lowest BCUT2D eigenvalue weighted by atomic mass is 10.0. The molecule has 0 fully saturated rings. The number of rotatable bonds is 5. The normalized spacial score (nSPS) is 12.6. The Morgan fingerprint density at radius 2 is 2.00 bits per heavy atom. The molecule has 1 unspecified atom stereocenters. The first kappa shape index (κ1) is 14.5. The van der Waals surface area contributed by atoms with Crippen LogP contribution in [0.5, 0.6) is 0 Å². The van der Waals surface area contributed by atoms with Gasteiger partial charge in [0.1, 0.15) is 0 Å². The highest BCUT2D eigenvalue weighted by molar-refractivity contribution is 14.1. The Labute approximate surface area is 128 Å². The summed E-state index contributed by atoms with van der Waals surface area (Å²) in [6, 6.07) is 11.2. The fourth-order valence-electron chi connectivity index (χ4n) is 2.25. The van der Waals surface area contributed by atoms with E-state index < -0.39 is 0 Å². The van der Waals surface area contributed by atoms with Crippen LogP contribution in [0.2, 0.25) is 0 Å². The number of likely N-dealkylation sites (N-methyl/N-ethyl adjacent to an activating group) is 1. The Morgan fingerprint density at radius 1 is 1.32 bits per heavy atom. The number of aryl methyl sites for hydroxylation is 2. The van der Waals surface area contributed by atoms with Crippen molar-refractivity contribution in [1.29, 1.82) is 0 Å². The summed E-state index contributed by atoms with van der Waals surface area (Å²) in [4.78, 5) is 0. The summed E-state index contributed by atoms with van der Waals surface area (Å²) in [6.45, 7) is 2.14. The van der Waals surface area contributed by atoms with Crippen molar-refractivity contribution in [2.45, 2.75) is 25.8 Å². The summed E-state index contributed by atoms with van der Waals surface area (Å²) >= 11 is 2.33. The molecule has 0 saturated carbocycles. The van der Waals surface area contributed by atoms with E-state index in [-0.39, 0.29) is 0 Å². The van der Waals surface area contributed by atoms with E-state index >= 15 is 0 Å². The van der Waals surface area contributed by atoms with Crippen LogP contribution in [-0.2, 0) is 19.9 Å². The van der Waals surface area contributed by atoms with Crippen molar-refractivity contribution in [1.82, 2.24) is 15.1 Å². The zero-order chi connectivity index (χ0) is 13.8. The van der Waals surface area contributed by atoms with Crippen LogP contribution in [0.25, 0.3) is 0 Å². The van der Waals surface area contributed by atoms with E-state index in [9.17, 15) is 0 Å². The lowest BCUT2D eigenvalue weighted by Crippen LogP contribution is -2.21. The van der Waals surface area contributed by atoms with Crippen molar-refractivity contribution in [2.24, 2.45) is 7.05 Å². The summed E-state index contributed by atoms with van der Waals surface area (Å²) in [6.07, 6.45) is 1.96. The maximum absolute atomic E-state index is 4.53. The van der Waals surface area contributed by atoms with Crippen LogP contribution < -0.4 is 5.32 Å². The molecule has 0 amide bonds. The minimum Gasteiger partial charge on any atom is -0.311 e. The van der Waals surface area contributed by atoms with Gasteiger partial charge in [-0.25, -0.2) is 0 Å². The van der Waals surface area contributed by atoms with Crippen LogP contribution in [0, 0.1) is 3.57 Å². The summed E-state index contributed by atoms with van der Waals surface area (Å²) in [5.74, 6) is 0. The molecule has 3 nitrogen and oxygen atoms in total. The zero-order valence-electron chi connectivity index (χ0n) is 11.7. The second-order valence-corrected chi connectivity index (χ2v) is 5.96. The molecule has 1 N–H and O–H groups in total. The molecule has 1 aromatic heterocycles. The second-order valence-electron chi connectivity index (χ2n) is 4.71. The molecule has 0 aliphatic rings. The molecular weight excluding hydrogens is 349 g/mol. The lowest BCUT2D eigenvalue weighted by Gasteiger charge is -2.16. The Bertz CT molecular complexity index is 531. The monoisotopic (exact) mass is 369 g/mol. The average molecular weight is 369 g/mol. The van der Waals surface area contributed by atoms with Crippen LogP contribution in [0.1, 0.15) is 29.9 Å². The maximum atomic E-state index is 4.53. The van der Waals surface area contributed by atoms with Gasteiger partial charge in [-0.3, -0.25) is 4.68 Å². The topological polar surface area (TPSA) is 29.9 Å². The molecule has 2 aromatic rings. The number of benzene rings is 1. The van der Waals surface area contributed by atoms with Gasteiger partial charge in [-0.15, -0.1) is 0 Å². The largest absolute Gasteiger partial charge is 0.311 e. The summed E-state index contributed by atoms with van der Waals surface area (Å²) in [5.41, 5.74) is 3.75. The molecule has 0 aliphatic heterocycles. The molecule has 0 bridgehead atoms. The zero-order valence-corrected chi connectivity index (χ0v) is 13.8. The summed E-state index contributed by atoms with van der Waals surface area (Å²) in [7, 11) is 4.03. The van der Waals surface area contributed by atoms with Crippen LogP contribution >= 0.6 is 22.6 Å². The van der Waals surface area contributed by atoms with E-state index in [2.05, 4.69) is 70.3 Å². The van der Waals surface area contributed by atoms with E-state index in [1.165, 1.54) is 14.8 Å². The predicted molar refractivity (Wildman–Crippen MR) is 87.2 cm³/mol. The number of nitrogens with zero attached hydrogens (tertiary/aromatic N) is 2. The van der Waals surface area contributed by atoms with Crippen molar-refractivity contribution in [3.05, 3.63) is 50.9 Å². The molecule has 2 rings (SSSR count). The minimum absolute atomic E-state index is 0.304. The fourth-order valence-corrected chi connectivity index (χ4v) is 2.61. The van der Waals surface area contributed by atoms with Gasteiger partial charge in [0.05, 0.1) is 17.4 Å². The van der Waals surface area contributed by atoms with Crippen LogP contribution in [0.3, 0.4) is 0 Å². The summed E-state index contributed by atoms with van der Waals surface area (Å²) in [5, 5.41) is 7.93. The molecule has 0 aliphatic carbocycles. The lowest BCUT2D eigenvalue weighted by molar-refractivity contribution is 0.536. The van der Waals surface area contributed by atoms with Crippen molar-refractivity contribution in [2.75, 3.05) is 7.05 Å². The fraction of sp³-hybridized carbons (Fsp3) is 0.400. The predicted octanol–water partition coefficient (Wildman–Crippen LogP) is 3.09. The standard InChI is InChI=1S/C15H20IN3/c1-4-13-10-15(19(3)18-13)14(17-2)9-11-5-7-12(16)8-6-11/h5-8,10,14,17H,4,9H2,1-3H3. The van der Waals surface area contributed by atoms with Gasteiger partial charge in [0.2, 0.25) is 0 Å². The van der Waals surface area contributed by atoms with E-state index in [0.29, 0.717) is 6.04 Å². The third-order valence-electron chi connectivity index (χ3n) is 3.39. The first-order chi connectivity index (χ1) is 9.13. The highest BCUT2D eigenvalue weighted by Gasteiger charge is 2.15. The van der Waals surface area contributed by atoms with Gasteiger partial charge in [0.25, 0.3) is 0 Å². The molecule has 1 aromatic carbocycles. The molecule has 0 saturated heterocycles. The smallest absolute Gasteiger partial charge is 0.0625 e. The Balaban J connectivity index is 2.19. The Hall–Kier alpha value is -0.880. The van der Waals surface area contributed by atoms with Crippen LogP contribution in [0.4, 0.5) is 0 Å². The van der Waals surface area contributed by atoms with Crippen LogP contribution in [0.15, 0.2) is 30.3 Å². The maximum Gasteiger partial charge on any atom is 0.0625 e. The number of halogens is 1. The van der Waals surface area contributed by atoms with Gasteiger partial charge in [-0.05, 0) is 66.2 Å². The summed E-state index contributed by atoms with van der Waals surface area (Å²) < 4.78 is 3.27. The molecular formula is C15H20IN3.